The highest BCUT2D eigenvalue weighted by molar-refractivity contribution is 5.71. The van der Waals surface area contributed by atoms with Crippen molar-refractivity contribution in [2.24, 2.45) is 0 Å². The summed E-state index contributed by atoms with van der Waals surface area (Å²) in [5, 5.41) is 0. The van der Waals surface area contributed by atoms with Gasteiger partial charge in [0.1, 0.15) is 13.2 Å². The van der Waals surface area contributed by atoms with Gasteiger partial charge in [-0.05, 0) is 57.8 Å². The summed E-state index contributed by atoms with van der Waals surface area (Å²) in [6, 6.07) is 0. The Hall–Kier alpha value is -2.63. The predicted octanol–water partition coefficient (Wildman–Crippen LogP) is 18.3. The third-order valence-electron chi connectivity index (χ3n) is 12.1. The molecule has 0 radical (unpaired) electrons. The minimum absolute atomic E-state index is 0.0796. The van der Waals surface area contributed by atoms with E-state index in [0.717, 1.165) is 96.3 Å². The van der Waals surface area contributed by atoms with Crippen molar-refractivity contribution in [3.63, 3.8) is 0 Å². The summed E-state index contributed by atoms with van der Waals surface area (Å²) in [6.45, 7) is 6.51. The lowest BCUT2D eigenvalue weighted by atomic mass is 10.0. The van der Waals surface area contributed by atoms with Crippen molar-refractivity contribution in [3.8, 4) is 0 Å². The number of esters is 3. The van der Waals surface area contributed by atoms with Crippen LogP contribution in [0.1, 0.15) is 284 Å². The number of ether oxygens (including phenoxy) is 3. The molecule has 0 rings (SSSR count). The highest BCUT2D eigenvalue weighted by Gasteiger charge is 2.19. The minimum Gasteiger partial charge on any atom is -0.462 e. The molecule has 1 atom stereocenters. The van der Waals surface area contributed by atoms with E-state index in [1.165, 1.54) is 148 Å². The van der Waals surface area contributed by atoms with Crippen molar-refractivity contribution in [3.05, 3.63) is 48.6 Å². The summed E-state index contributed by atoms with van der Waals surface area (Å²) in [5.41, 5.74) is 0. The monoisotopic (exact) mass is 897 g/mol. The van der Waals surface area contributed by atoms with Crippen molar-refractivity contribution >= 4 is 17.9 Å². The van der Waals surface area contributed by atoms with Gasteiger partial charge in [-0.15, -0.1) is 0 Å². The van der Waals surface area contributed by atoms with Gasteiger partial charge in [0.05, 0.1) is 0 Å². The molecule has 0 saturated carbocycles. The molecule has 6 nitrogen and oxygen atoms in total. The van der Waals surface area contributed by atoms with E-state index >= 15 is 0 Å². The normalized spacial score (nSPS) is 12.4. The fraction of sp³-hybridized carbons (Fsp3) is 0.810. The summed E-state index contributed by atoms with van der Waals surface area (Å²) in [7, 11) is 0. The molecule has 0 aromatic carbocycles. The fourth-order valence-corrected chi connectivity index (χ4v) is 7.96. The highest BCUT2D eigenvalue weighted by Crippen LogP contribution is 2.16. The van der Waals surface area contributed by atoms with Gasteiger partial charge in [0.15, 0.2) is 6.10 Å². The number of unbranched alkanes of at least 4 members (excludes halogenated alkanes) is 31. The van der Waals surface area contributed by atoms with Gasteiger partial charge in [-0.25, -0.2) is 0 Å². The zero-order chi connectivity index (χ0) is 46.5. The molecule has 0 amide bonds. The van der Waals surface area contributed by atoms with Gasteiger partial charge in [0.2, 0.25) is 0 Å². The van der Waals surface area contributed by atoms with Crippen LogP contribution >= 0.6 is 0 Å². The number of allylic oxidation sites excluding steroid dienone is 8. The fourth-order valence-electron chi connectivity index (χ4n) is 7.96. The summed E-state index contributed by atoms with van der Waals surface area (Å²) >= 11 is 0. The van der Waals surface area contributed by atoms with Crippen LogP contribution < -0.4 is 0 Å². The third kappa shape index (κ3) is 50.4. The van der Waals surface area contributed by atoms with E-state index in [-0.39, 0.29) is 31.1 Å². The molecule has 0 bridgehead atoms. The molecule has 372 valence electrons. The zero-order valence-electron chi connectivity index (χ0n) is 42.6. The van der Waals surface area contributed by atoms with Crippen molar-refractivity contribution in [1.82, 2.24) is 0 Å². The average Bonchev–Trinajstić information content (AvgIpc) is 3.29. The second-order valence-electron chi connectivity index (χ2n) is 18.5. The lowest BCUT2D eigenvalue weighted by Crippen LogP contribution is -2.30. The zero-order valence-corrected chi connectivity index (χ0v) is 42.6. The topological polar surface area (TPSA) is 78.9 Å². The van der Waals surface area contributed by atoms with Crippen molar-refractivity contribution < 1.29 is 28.6 Å². The van der Waals surface area contributed by atoms with E-state index in [4.69, 9.17) is 14.2 Å². The lowest BCUT2D eigenvalue weighted by Gasteiger charge is -2.18. The van der Waals surface area contributed by atoms with E-state index in [0.29, 0.717) is 19.3 Å². The average molecular weight is 897 g/mol. The Morgan fingerprint density at radius 1 is 0.328 bits per heavy atom. The first-order chi connectivity index (χ1) is 31.5. The van der Waals surface area contributed by atoms with Crippen LogP contribution in [-0.2, 0) is 28.6 Å². The summed E-state index contributed by atoms with van der Waals surface area (Å²) in [6.07, 6.45) is 64.0. The van der Waals surface area contributed by atoms with E-state index in [1.807, 2.05) is 0 Å². The largest absolute Gasteiger partial charge is 0.462 e. The Kier molecular flexibility index (Phi) is 50.8. The third-order valence-corrected chi connectivity index (χ3v) is 12.1. The second-order valence-corrected chi connectivity index (χ2v) is 18.5. The molecule has 0 aliphatic carbocycles. The lowest BCUT2D eigenvalue weighted by molar-refractivity contribution is -0.167. The SMILES string of the molecule is CC/C=C\C/C=C\C/C=C\C/C=C\CCCCCCC(=O)OC(COC(=O)CCCCCCCCCC)COC(=O)CCCCCCCCCCCCCCCCCCCCCCC. The van der Waals surface area contributed by atoms with E-state index in [2.05, 4.69) is 69.4 Å². The second kappa shape index (κ2) is 53.0. The first kappa shape index (κ1) is 61.4. The predicted molar refractivity (Wildman–Crippen MR) is 275 cm³/mol. The molecule has 64 heavy (non-hydrogen) atoms. The van der Waals surface area contributed by atoms with Crippen LogP contribution in [0.25, 0.3) is 0 Å². The molecule has 0 saturated heterocycles. The maximum absolute atomic E-state index is 12.8. The molecule has 0 aromatic heterocycles. The van der Waals surface area contributed by atoms with E-state index < -0.39 is 6.10 Å². The number of carbonyl (C=O) groups excluding carboxylic acids is 3. The maximum atomic E-state index is 12.8. The van der Waals surface area contributed by atoms with Gasteiger partial charge in [-0.2, -0.15) is 0 Å². The number of rotatable bonds is 50. The summed E-state index contributed by atoms with van der Waals surface area (Å²) < 4.78 is 16.8. The Balaban J connectivity index is 4.24. The number of carbonyl (C=O) groups is 3. The molecule has 0 heterocycles. The maximum Gasteiger partial charge on any atom is 0.306 e. The molecular formula is C58H104O6. The van der Waals surface area contributed by atoms with Gasteiger partial charge in [0.25, 0.3) is 0 Å². The molecule has 0 aromatic rings. The van der Waals surface area contributed by atoms with Crippen LogP contribution in [0.5, 0.6) is 0 Å². The molecule has 1 unspecified atom stereocenters. The quantitative estimate of drug-likeness (QED) is 0.0262. The van der Waals surface area contributed by atoms with Crippen LogP contribution in [0.4, 0.5) is 0 Å². The molecule has 0 spiro atoms. The van der Waals surface area contributed by atoms with Crippen LogP contribution in [-0.4, -0.2) is 37.2 Å². The first-order valence-corrected chi connectivity index (χ1v) is 27.6. The Labute approximate surface area is 397 Å². The van der Waals surface area contributed by atoms with Crippen molar-refractivity contribution in [1.29, 1.82) is 0 Å². The minimum atomic E-state index is -0.781. The Morgan fingerprint density at radius 2 is 0.609 bits per heavy atom. The van der Waals surface area contributed by atoms with Crippen LogP contribution in [0, 0.1) is 0 Å². The molecular weight excluding hydrogens is 793 g/mol. The summed E-state index contributed by atoms with van der Waals surface area (Å²) in [4.78, 5) is 37.9. The van der Waals surface area contributed by atoms with Gasteiger partial charge >= 0.3 is 17.9 Å². The molecule has 0 N–H and O–H groups in total. The number of hydrogen-bond donors (Lipinski definition) is 0. The Bertz CT molecular complexity index is 1120. The van der Waals surface area contributed by atoms with Crippen LogP contribution in [0.2, 0.25) is 0 Å². The summed E-state index contributed by atoms with van der Waals surface area (Å²) in [5.74, 6) is -0.896. The van der Waals surface area contributed by atoms with Crippen molar-refractivity contribution in [2.75, 3.05) is 13.2 Å². The molecule has 6 heteroatoms. The number of hydrogen-bond acceptors (Lipinski definition) is 6. The standard InChI is InChI=1S/C58H104O6/c1-4-7-10-13-16-19-21-23-25-27-28-29-30-32-33-35-37-39-42-45-48-51-57(60)63-54-55(53-62-56(59)50-47-44-41-18-15-12-9-6-3)64-58(61)52-49-46-43-40-38-36-34-31-26-24-22-20-17-14-11-8-5-2/h8,11,17,20,24,26,34,36,55H,4-7,9-10,12-16,18-19,21-23,25,27-33,35,37-54H2,1-3H3/b11-8-,20-17-,26-24-,36-34-. The molecule has 0 aliphatic heterocycles. The van der Waals surface area contributed by atoms with Gasteiger partial charge in [-0.3, -0.25) is 14.4 Å². The molecule has 0 fully saturated rings. The smallest absolute Gasteiger partial charge is 0.306 e. The van der Waals surface area contributed by atoms with E-state index in [1.54, 1.807) is 0 Å². The highest BCUT2D eigenvalue weighted by atomic mass is 16.6. The van der Waals surface area contributed by atoms with Crippen molar-refractivity contribution in [2.45, 2.75) is 290 Å². The first-order valence-electron chi connectivity index (χ1n) is 27.6. The van der Waals surface area contributed by atoms with Gasteiger partial charge in [-0.1, -0.05) is 256 Å². The Morgan fingerprint density at radius 3 is 0.953 bits per heavy atom. The van der Waals surface area contributed by atoms with Gasteiger partial charge in [0, 0.05) is 19.3 Å². The van der Waals surface area contributed by atoms with E-state index in [9.17, 15) is 14.4 Å². The van der Waals surface area contributed by atoms with Gasteiger partial charge < -0.3 is 14.2 Å². The van der Waals surface area contributed by atoms with Crippen LogP contribution in [0.15, 0.2) is 48.6 Å². The molecule has 0 aliphatic rings. The van der Waals surface area contributed by atoms with Crippen LogP contribution in [0.3, 0.4) is 0 Å².